The summed E-state index contributed by atoms with van der Waals surface area (Å²) in [7, 11) is 0. The summed E-state index contributed by atoms with van der Waals surface area (Å²) in [6.45, 7) is 3.31. The summed E-state index contributed by atoms with van der Waals surface area (Å²) in [6.07, 6.45) is 3.56. The predicted molar refractivity (Wildman–Crippen MR) is 95.3 cm³/mol. The highest BCUT2D eigenvalue weighted by molar-refractivity contribution is 5.79. The predicted octanol–water partition coefficient (Wildman–Crippen LogP) is 1.85. The second kappa shape index (κ2) is 9.51. The van der Waals surface area contributed by atoms with Crippen LogP contribution in [0.2, 0.25) is 0 Å². The molecule has 1 aliphatic rings. The topological polar surface area (TPSA) is 75.4 Å². The summed E-state index contributed by atoms with van der Waals surface area (Å²) in [5.41, 5.74) is 5.95. The van der Waals surface area contributed by atoms with Gasteiger partial charge in [0.15, 0.2) is 0 Å². The quantitative estimate of drug-likeness (QED) is 0.789. The van der Waals surface area contributed by atoms with Crippen LogP contribution in [0.15, 0.2) is 24.3 Å². The van der Waals surface area contributed by atoms with Gasteiger partial charge in [0, 0.05) is 38.0 Å². The number of carbonyl (C=O) groups is 2. The van der Waals surface area contributed by atoms with Gasteiger partial charge in [0.05, 0.1) is 0 Å². The van der Waals surface area contributed by atoms with E-state index in [1.807, 2.05) is 11.8 Å². The minimum absolute atomic E-state index is 0.00560. The highest BCUT2D eigenvalue weighted by Gasteiger charge is 2.30. The molecule has 25 heavy (non-hydrogen) atoms. The summed E-state index contributed by atoms with van der Waals surface area (Å²) in [5, 5.41) is 2.86. The molecule has 2 unspecified atom stereocenters. The summed E-state index contributed by atoms with van der Waals surface area (Å²) in [4.78, 5) is 26.4. The number of carbonyl (C=O) groups excluding carboxylic acids is 2. The van der Waals surface area contributed by atoms with Crippen LogP contribution >= 0.6 is 0 Å². The molecule has 2 amide bonds. The third-order valence-corrected chi connectivity index (χ3v) is 4.72. The Hall–Kier alpha value is -1.95. The molecule has 3 N–H and O–H groups in total. The van der Waals surface area contributed by atoms with Crippen molar-refractivity contribution in [3.8, 4) is 0 Å². The summed E-state index contributed by atoms with van der Waals surface area (Å²) < 4.78 is 13.8. The maximum absolute atomic E-state index is 13.8. The average Bonchev–Trinajstić information content (AvgIpc) is 2.61. The van der Waals surface area contributed by atoms with Crippen molar-refractivity contribution in [2.75, 3.05) is 19.6 Å². The van der Waals surface area contributed by atoms with Crippen LogP contribution in [-0.4, -0.2) is 42.4 Å². The van der Waals surface area contributed by atoms with E-state index in [0.29, 0.717) is 38.0 Å². The van der Waals surface area contributed by atoms with E-state index in [1.54, 1.807) is 18.2 Å². The van der Waals surface area contributed by atoms with Crippen molar-refractivity contribution in [1.29, 1.82) is 0 Å². The lowest BCUT2D eigenvalue weighted by atomic mass is 9.95. The number of halogens is 1. The lowest BCUT2D eigenvalue weighted by Gasteiger charge is -2.37. The van der Waals surface area contributed by atoms with Crippen molar-refractivity contribution in [2.24, 2.45) is 11.7 Å². The minimum atomic E-state index is -0.294. The second-order valence-electron chi connectivity index (χ2n) is 6.72. The van der Waals surface area contributed by atoms with Gasteiger partial charge in [0.1, 0.15) is 5.82 Å². The van der Waals surface area contributed by atoms with Crippen LogP contribution in [0.4, 0.5) is 4.39 Å². The first-order chi connectivity index (χ1) is 12.0. The van der Waals surface area contributed by atoms with Crippen LogP contribution in [0.5, 0.6) is 0 Å². The first-order valence-corrected chi connectivity index (χ1v) is 9.03. The molecule has 2 atom stereocenters. The number of hydrogen-bond donors (Lipinski definition) is 2. The van der Waals surface area contributed by atoms with Crippen molar-refractivity contribution in [2.45, 2.75) is 45.1 Å². The maximum Gasteiger partial charge on any atom is 0.226 e. The van der Waals surface area contributed by atoms with Crippen molar-refractivity contribution >= 4 is 11.8 Å². The first-order valence-electron chi connectivity index (χ1n) is 9.03. The Morgan fingerprint density at radius 1 is 1.36 bits per heavy atom. The molecular weight excluding hydrogens is 321 g/mol. The third-order valence-electron chi connectivity index (χ3n) is 4.72. The van der Waals surface area contributed by atoms with Gasteiger partial charge in [-0.2, -0.15) is 0 Å². The number of nitrogens with one attached hydrogen (secondary N) is 1. The summed E-state index contributed by atoms with van der Waals surface area (Å²) in [6, 6.07) is 6.58. The normalized spacial score (nSPS) is 18.7. The number of nitrogens with two attached hydrogens (primary N) is 1. The van der Waals surface area contributed by atoms with Crippen LogP contribution in [-0.2, 0) is 16.0 Å². The van der Waals surface area contributed by atoms with Crippen molar-refractivity contribution in [1.82, 2.24) is 10.2 Å². The number of piperidine rings is 1. The van der Waals surface area contributed by atoms with Crippen LogP contribution < -0.4 is 11.1 Å². The molecule has 0 spiro atoms. The van der Waals surface area contributed by atoms with E-state index in [9.17, 15) is 14.0 Å². The molecule has 1 aliphatic heterocycles. The summed E-state index contributed by atoms with van der Waals surface area (Å²) >= 11 is 0. The Balaban J connectivity index is 1.96. The van der Waals surface area contributed by atoms with Gasteiger partial charge in [0.2, 0.25) is 11.8 Å². The van der Waals surface area contributed by atoms with E-state index in [1.165, 1.54) is 6.07 Å². The Morgan fingerprint density at radius 2 is 2.12 bits per heavy atom. The molecule has 0 radical (unpaired) electrons. The Bertz CT molecular complexity index is 594. The van der Waals surface area contributed by atoms with Crippen molar-refractivity contribution in [3.05, 3.63) is 35.6 Å². The van der Waals surface area contributed by atoms with Gasteiger partial charge in [-0.05, 0) is 37.3 Å². The van der Waals surface area contributed by atoms with Gasteiger partial charge in [-0.1, -0.05) is 25.1 Å². The Kier molecular flexibility index (Phi) is 7.37. The Morgan fingerprint density at radius 3 is 2.84 bits per heavy atom. The van der Waals surface area contributed by atoms with Gasteiger partial charge < -0.3 is 16.0 Å². The molecule has 0 aliphatic carbocycles. The van der Waals surface area contributed by atoms with E-state index in [4.69, 9.17) is 5.73 Å². The Labute approximate surface area is 148 Å². The molecule has 0 aromatic heterocycles. The molecular formula is C19H28FN3O2. The largest absolute Gasteiger partial charge is 0.354 e. The van der Waals surface area contributed by atoms with Gasteiger partial charge in [-0.25, -0.2) is 4.39 Å². The molecule has 1 aromatic carbocycles. The fraction of sp³-hybridized carbons (Fsp3) is 0.579. The standard InChI is InChI=1S/C19H28FN3O2/c1-14(12-15-6-2-3-8-17(15)20)19(25)23-11-5-4-7-16(23)13-22-18(24)9-10-21/h2-3,6,8,14,16H,4-5,7,9-13,21H2,1H3,(H,22,24). The fourth-order valence-electron chi connectivity index (χ4n) is 3.32. The smallest absolute Gasteiger partial charge is 0.226 e. The lowest BCUT2D eigenvalue weighted by Crippen LogP contribution is -2.51. The van der Waals surface area contributed by atoms with Gasteiger partial charge in [-0.15, -0.1) is 0 Å². The molecule has 5 nitrogen and oxygen atoms in total. The average molecular weight is 349 g/mol. The first kappa shape index (κ1) is 19.4. The number of rotatable bonds is 7. The van der Waals surface area contributed by atoms with Gasteiger partial charge >= 0.3 is 0 Å². The molecule has 1 aromatic rings. The molecule has 1 fully saturated rings. The molecule has 0 bridgehead atoms. The number of nitrogens with zero attached hydrogens (tertiary/aromatic N) is 1. The molecule has 0 saturated carbocycles. The SMILES string of the molecule is CC(Cc1ccccc1F)C(=O)N1CCCCC1CNC(=O)CCN. The van der Waals surface area contributed by atoms with Crippen molar-refractivity contribution in [3.63, 3.8) is 0 Å². The molecule has 6 heteroatoms. The number of likely N-dealkylation sites (tertiary alicyclic amines) is 1. The molecule has 2 rings (SSSR count). The maximum atomic E-state index is 13.8. The molecule has 138 valence electrons. The monoisotopic (exact) mass is 349 g/mol. The van der Waals surface area contributed by atoms with Crippen LogP contribution in [0.3, 0.4) is 0 Å². The zero-order chi connectivity index (χ0) is 18.2. The van der Waals surface area contributed by atoms with Gasteiger partial charge in [-0.3, -0.25) is 9.59 Å². The number of amides is 2. The molecule has 1 heterocycles. The number of benzene rings is 1. The highest BCUT2D eigenvalue weighted by Crippen LogP contribution is 2.21. The van der Waals surface area contributed by atoms with E-state index in [2.05, 4.69) is 5.32 Å². The number of hydrogen-bond acceptors (Lipinski definition) is 3. The van der Waals surface area contributed by atoms with E-state index in [-0.39, 0.29) is 29.6 Å². The molecule has 1 saturated heterocycles. The second-order valence-corrected chi connectivity index (χ2v) is 6.72. The van der Waals surface area contributed by atoms with E-state index < -0.39 is 0 Å². The van der Waals surface area contributed by atoms with E-state index in [0.717, 1.165) is 19.3 Å². The van der Waals surface area contributed by atoms with Crippen molar-refractivity contribution < 1.29 is 14.0 Å². The zero-order valence-corrected chi connectivity index (χ0v) is 14.8. The van der Waals surface area contributed by atoms with E-state index >= 15 is 0 Å². The third kappa shape index (κ3) is 5.53. The fourth-order valence-corrected chi connectivity index (χ4v) is 3.32. The summed E-state index contributed by atoms with van der Waals surface area (Å²) in [5.74, 6) is -0.621. The minimum Gasteiger partial charge on any atom is -0.354 e. The van der Waals surface area contributed by atoms with Crippen LogP contribution in [0, 0.1) is 11.7 Å². The highest BCUT2D eigenvalue weighted by atomic mass is 19.1. The van der Waals surface area contributed by atoms with Gasteiger partial charge in [0.25, 0.3) is 0 Å². The zero-order valence-electron chi connectivity index (χ0n) is 14.8. The van der Waals surface area contributed by atoms with Crippen LogP contribution in [0.25, 0.3) is 0 Å². The van der Waals surface area contributed by atoms with Crippen LogP contribution in [0.1, 0.15) is 38.2 Å². The lowest BCUT2D eigenvalue weighted by molar-refractivity contribution is -0.139.